The molecule has 2 rings (SSSR count). The predicted molar refractivity (Wildman–Crippen MR) is 73.9 cm³/mol. The highest BCUT2D eigenvalue weighted by Crippen LogP contribution is 2.14. The topological polar surface area (TPSA) is 57.9 Å². The number of benzene rings is 1. The Morgan fingerprint density at radius 3 is 2.79 bits per heavy atom. The summed E-state index contributed by atoms with van der Waals surface area (Å²) in [4.78, 5) is 4.17. The number of anilines is 1. The molecule has 0 saturated carbocycles. The Bertz CT molecular complexity index is 573. The van der Waals surface area contributed by atoms with E-state index in [1.807, 2.05) is 43.3 Å². The minimum atomic E-state index is 0.597. The van der Waals surface area contributed by atoms with E-state index in [-0.39, 0.29) is 0 Å². The second kappa shape index (κ2) is 6.41. The van der Waals surface area contributed by atoms with E-state index in [0.29, 0.717) is 24.6 Å². The van der Waals surface area contributed by atoms with E-state index in [2.05, 4.69) is 16.4 Å². The van der Waals surface area contributed by atoms with Crippen molar-refractivity contribution in [3.05, 3.63) is 53.7 Å². The number of nitrogens with one attached hydrogen (secondary N) is 1. The lowest BCUT2D eigenvalue weighted by atomic mass is 10.1. The van der Waals surface area contributed by atoms with Gasteiger partial charge in [-0.15, -0.1) is 0 Å². The number of rotatable bonds is 5. The van der Waals surface area contributed by atoms with Gasteiger partial charge in [-0.3, -0.25) is 0 Å². The van der Waals surface area contributed by atoms with Crippen molar-refractivity contribution in [1.82, 2.24) is 4.98 Å². The molecular weight excluding hydrogens is 238 g/mol. The van der Waals surface area contributed by atoms with Crippen LogP contribution >= 0.6 is 0 Å². The average molecular weight is 253 g/mol. The van der Waals surface area contributed by atoms with Crippen LogP contribution in [0.4, 0.5) is 5.69 Å². The van der Waals surface area contributed by atoms with E-state index >= 15 is 0 Å². The molecule has 0 spiro atoms. The normalized spacial score (nSPS) is 9.68. The fourth-order valence-electron chi connectivity index (χ4n) is 1.70. The number of pyridine rings is 1. The van der Waals surface area contributed by atoms with Gasteiger partial charge in [-0.2, -0.15) is 5.26 Å². The van der Waals surface area contributed by atoms with E-state index < -0.39 is 0 Å². The van der Waals surface area contributed by atoms with Crippen molar-refractivity contribution < 1.29 is 4.74 Å². The van der Waals surface area contributed by atoms with Crippen LogP contribution < -0.4 is 10.1 Å². The molecule has 0 saturated heterocycles. The number of hydrogen-bond acceptors (Lipinski definition) is 4. The van der Waals surface area contributed by atoms with Gasteiger partial charge in [-0.25, -0.2) is 4.98 Å². The first-order valence-electron chi connectivity index (χ1n) is 6.14. The second-order valence-electron chi connectivity index (χ2n) is 3.94. The number of ether oxygens (including phenoxy) is 1. The van der Waals surface area contributed by atoms with Gasteiger partial charge in [0.2, 0.25) is 5.88 Å². The van der Waals surface area contributed by atoms with Gasteiger partial charge >= 0.3 is 0 Å². The van der Waals surface area contributed by atoms with Crippen LogP contribution in [-0.2, 0) is 6.54 Å². The Labute approximate surface area is 112 Å². The molecule has 0 aliphatic carbocycles. The Balaban J connectivity index is 2.00. The first kappa shape index (κ1) is 12.9. The third-order valence-electron chi connectivity index (χ3n) is 2.65. The van der Waals surface area contributed by atoms with Crippen molar-refractivity contribution >= 4 is 5.69 Å². The highest BCUT2D eigenvalue weighted by molar-refractivity contribution is 5.45. The van der Waals surface area contributed by atoms with Crippen LogP contribution in [0.15, 0.2) is 42.6 Å². The van der Waals surface area contributed by atoms with Gasteiger partial charge in [0, 0.05) is 12.6 Å². The zero-order chi connectivity index (χ0) is 13.5. The van der Waals surface area contributed by atoms with Crippen molar-refractivity contribution in [2.45, 2.75) is 13.5 Å². The lowest BCUT2D eigenvalue weighted by Gasteiger charge is -2.08. The molecular formula is C15H15N3O. The standard InChI is InChI=1S/C15H15N3O/c1-2-19-15-8-7-14(11-18-15)17-10-13-6-4-3-5-12(13)9-16/h3-8,11,17H,2,10H2,1H3. The molecule has 0 fully saturated rings. The number of aromatic nitrogens is 1. The summed E-state index contributed by atoms with van der Waals surface area (Å²) in [5, 5.41) is 12.2. The van der Waals surface area contributed by atoms with Crippen molar-refractivity contribution in [3.8, 4) is 11.9 Å². The molecule has 19 heavy (non-hydrogen) atoms. The van der Waals surface area contributed by atoms with Crippen LogP contribution in [-0.4, -0.2) is 11.6 Å². The van der Waals surface area contributed by atoms with Crippen LogP contribution in [0, 0.1) is 11.3 Å². The van der Waals surface area contributed by atoms with Crippen molar-refractivity contribution in [3.63, 3.8) is 0 Å². The lowest BCUT2D eigenvalue weighted by Crippen LogP contribution is -2.02. The van der Waals surface area contributed by atoms with E-state index in [4.69, 9.17) is 10.00 Å². The Morgan fingerprint density at radius 1 is 1.26 bits per heavy atom. The molecule has 0 aliphatic heterocycles. The zero-order valence-corrected chi connectivity index (χ0v) is 10.8. The summed E-state index contributed by atoms with van der Waals surface area (Å²) in [5.74, 6) is 0.616. The van der Waals surface area contributed by atoms with Gasteiger partial charge in [-0.1, -0.05) is 18.2 Å². The summed E-state index contributed by atoms with van der Waals surface area (Å²) in [5.41, 5.74) is 2.56. The molecule has 0 atom stereocenters. The SMILES string of the molecule is CCOc1ccc(NCc2ccccc2C#N)cn1. The summed E-state index contributed by atoms with van der Waals surface area (Å²) in [6.45, 7) is 3.13. The molecule has 0 bridgehead atoms. The van der Waals surface area contributed by atoms with Gasteiger partial charge in [-0.05, 0) is 24.6 Å². The summed E-state index contributed by atoms with van der Waals surface area (Å²) in [6.07, 6.45) is 1.72. The van der Waals surface area contributed by atoms with Crippen molar-refractivity contribution in [2.24, 2.45) is 0 Å². The molecule has 1 aromatic heterocycles. The van der Waals surface area contributed by atoms with Gasteiger partial charge in [0.05, 0.1) is 30.1 Å². The fraction of sp³-hybridized carbons (Fsp3) is 0.200. The molecule has 0 radical (unpaired) electrons. The Morgan fingerprint density at radius 2 is 2.11 bits per heavy atom. The quantitative estimate of drug-likeness (QED) is 0.890. The number of nitriles is 1. The Kier molecular flexibility index (Phi) is 4.35. The molecule has 1 N–H and O–H groups in total. The smallest absolute Gasteiger partial charge is 0.213 e. The molecule has 0 aliphatic rings. The largest absolute Gasteiger partial charge is 0.478 e. The van der Waals surface area contributed by atoms with Crippen LogP contribution in [0.5, 0.6) is 5.88 Å². The Hall–Kier alpha value is -2.54. The second-order valence-corrected chi connectivity index (χ2v) is 3.94. The zero-order valence-electron chi connectivity index (χ0n) is 10.8. The third-order valence-corrected chi connectivity index (χ3v) is 2.65. The van der Waals surface area contributed by atoms with Gasteiger partial charge in [0.1, 0.15) is 0 Å². The number of nitrogens with zero attached hydrogens (tertiary/aromatic N) is 2. The van der Waals surface area contributed by atoms with Gasteiger partial charge < -0.3 is 10.1 Å². The minimum Gasteiger partial charge on any atom is -0.478 e. The van der Waals surface area contributed by atoms with Gasteiger partial charge in [0.15, 0.2) is 0 Å². The summed E-state index contributed by atoms with van der Waals surface area (Å²) in [6, 6.07) is 13.5. The maximum atomic E-state index is 9.00. The van der Waals surface area contributed by atoms with Crippen molar-refractivity contribution in [1.29, 1.82) is 5.26 Å². The van der Waals surface area contributed by atoms with E-state index in [1.165, 1.54) is 0 Å². The highest BCUT2D eigenvalue weighted by atomic mass is 16.5. The van der Waals surface area contributed by atoms with Crippen LogP contribution in [0.25, 0.3) is 0 Å². The predicted octanol–water partition coefficient (Wildman–Crippen LogP) is 2.96. The first-order chi connectivity index (χ1) is 9.33. The van der Waals surface area contributed by atoms with Crippen LogP contribution in [0.3, 0.4) is 0 Å². The fourth-order valence-corrected chi connectivity index (χ4v) is 1.70. The molecule has 0 amide bonds. The molecule has 96 valence electrons. The number of hydrogen-bond donors (Lipinski definition) is 1. The maximum Gasteiger partial charge on any atom is 0.213 e. The van der Waals surface area contributed by atoms with Gasteiger partial charge in [0.25, 0.3) is 0 Å². The lowest BCUT2D eigenvalue weighted by molar-refractivity contribution is 0.327. The molecule has 2 aromatic rings. The van der Waals surface area contributed by atoms with E-state index in [1.54, 1.807) is 6.20 Å². The van der Waals surface area contributed by atoms with E-state index in [0.717, 1.165) is 11.3 Å². The third kappa shape index (κ3) is 3.46. The highest BCUT2D eigenvalue weighted by Gasteiger charge is 2.01. The van der Waals surface area contributed by atoms with Crippen molar-refractivity contribution in [2.75, 3.05) is 11.9 Å². The molecule has 1 aromatic carbocycles. The molecule has 4 heteroatoms. The molecule has 0 unspecified atom stereocenters. The molecule has 1 heterocycles. The summed E-state index contributed by atoms with van der Waals surface area (Å²) >= 11 is 0. The van der Waals surface area contributed by atoms with Crippen LogP contribution in [0.2, 0.25) is 0 Å². The first-order valence-corrected chi connectivity index (χ1v) is 6.14. The minimum absolute atomic E-state index is 0.597. The van der Waals surface area contributed by atoms with E-state index in [9.17, 15) is 0 Å². The maximum absolute atomic E-state index is 9.00. The summed E-state index contributed by atoms with van der Waals surface area (Å²) < 4.78 is 5.28. The monoisotopic (exact) mass is 253 g/mol. The summed E-state index contributed by atoms with van der Waals surface area (Å²) in [7, 11) is 0. The van der Waals surface area contributed by atoms with Crippen LogP contribution in [0.1, 0.15) is 18.1 Å². The molecule has 4 nitrogen and oxygen atoms in total. The average Bonchev–Trinajstić information content (AvgIpc) is 2.47.